The zero-order chi connectivity index (χ0) is 10.9. The van der Waals surface area contributed by atoms with Crippen molar-refractivity contribution in [2.75, 3.05) is 0 Å². The van der Waals surface area contributed by atoms with E-state index in [-0.39, 0.29) is 12.1 Å². The van der Waals surface area contributed by atoms with Gasteiger partial charge in [-0.2, -0.15) is 0 Å². The number of hydrogen-bond acceptors (Lipinski definition) is 3. The Labute approximate surface area is 79.6 Å². The molecule has 0 bridgehead atoms. The van der Waals surface area contributed by atoms with Crippen LogP contribution in [0.5, 0.6) is 0 Å². The van der Waals surface area contributed by atoms with Gasteiger partial charge in [0.15, 0.2) is 0 Å². The molecule has 0 saturated heterocycles. The van der Waals surface area contributed by atoms with Gasteiger partial charge < -0.3 is 5.73 Å². The Hall–Kier alpha value is -1.05. The van der Waals surface area contributed by atoms with Gasteiger partial charge in [-0.15, -0.1) is 0 Å². The third kappa shape index (κ3) is 2.06. The Morgan fingerprint density at radius 2 is 1.79 bits per heavy atom. The SMILES string of the molecule is NCc1cc(F)c(S(N)(=O)=O)cc1F. The monoisotopic (exact) mass is 222 g/mol. The van der Waals surface area contributed by atoms with Gasteiger partial charge in [0, 0.05) is 12.1 Å². The smallest absolute Gasteiger partial charge is 0.241 e. The molecule has 1 aromatic carbocycles. The van der Waals surface area contributed by atoms with E-state index in [0.717, 1.165) is 6.07 Å². The molecule has 14 heavy (non-hydrogen) atoms. The van der Waals surface area contributed by atoms with E-state index in [0.29, 0.717) is 6.07 Å². The first-order valence-electron chi connectivity index (χ1n) is 3.57. The Bertz CT molecular complexity index is 459. The number of nitrogens with two attached hydrogens (primary N) is 2. The third-order valence-electron chi connectivity index (χ3n) is 1.63. The molecule has 4 N–H and O–H groups in total. The fourth-order valence-electron chi connectivity index (χ4n) is 0.944. The number of halogens is 2. The van der Waals surface area contributed by atoms with Crippen LogP contribution in [-0.2, 0) is 16.6 Å². The Balaban J connectivity index is 3.44. The lowest BCUT2D eigenvalue weighted by Gasteiger charge is -2.04. The molecule has 7 heteroatoms. The standard InChI is InChI=1S/C7H8F2N2O2S/c8-5-2-7(14(11,12)13)6(9)1-4(5)3-10/h1-2H,3,10H2,(H2,11,12,13). The largest absolute Gasteiger partial charge is 0.326 e. The van der Waals surface area contributed by atoms with Crippen LogP contribution in [0.2, 0.25) is 0 Å². The maximum atomic E-state index is 13.0. The molecule has 0 amide bonds. The lowest BCUT2D eigenvalue weighted by atomic mass is 10.2. The van der Waals surface area contributed by atoms with Crippen LogP contribution in [0.15, 0.2) is 17.0 Å². The van der Waals surface area contributed by atoms with Crippen LogP contribution in [0.25, 0.3) is 0 Å². The van der Waals surface area contributed by atoms with Crippen LogP contribution in [0.4, 0.5) is 8.78 Å². The number of hydrogen-bond donors (Lipinski definition) is 2. The molecule has 0 aliphatic heterocycles. The van der Waals surface area contributed by atoms with Crippen LogP contribution in [-0.4, -0.2) is 8.42 Å². The quantitative estimate of drug-likeness (QED) is 0.742. The summed E-state index contributed by atoms with van der Waals surface area (Å²) in [6.07, 6.45) is 0. The molecule has 0 aromatic heterocycles. The van der Waals surface area contributed by atoms with E-state index in [1.165, 1.54) is 0 Å². The Morgan fingerprint density at radius 3 is 2.21 bits per heavy atom. The van der Waals surface area contributed by atoms with E-state index >= 15 is 0 Å². The van der Waals surface area contributed by atoms with Crippen molar-refractivity contribution in [1.82, 2.24) is 0 Å². The van der Waals surface area contributed by atoms with E-state index in [9.17, 15) is 17.2 Å². The maximum Gasteiger partial charge on any atom is 0.241 e. The molecule has 1 aromatic rings. The molecule has 0 radical (unpaired) electrons. The number of sulfonamides is 1. The summed E-state index contributed by atoms with van der Waals surface area (Å²) in [4.78, 5) is -0.868. The van der Waals surface area contributed by atoms with Gasteiger partial charge in [-0.3, -0.25) is 0 Å². The zero-order valence-corrected chi connectivity index (χ0v) is 7.81. The van der Waals surface area contributed by atoms with E-state index in [2.05, 4.69) is 5.14 Å². The van der Waals surface area contributed by atoms with Crippen molar-refractivity contribution in [3.8, 4) is 0 Å². The molecule has 0 aliphatic rings. The van der Waals surface area contributed by atoms with Crippen molar-refractivity contribution in [3.63, 3.8) is 0 Å². The molecular formula is C7H8F2N2O2S. The fourth-order valence-corrected chi connectivity index (χ4v) is 1.54. The van der Waals surface area contributed by atoms with E-state index in [4.69, 9.17) is 5.73 Å². The Morgan fingerprint density at radius 1 is 1.21 bits per heavy atom. The summed E-state index contributed by atoms with van der Waals surface area (Å²) < 4.78 is 47.5. The minimum Gasteiger partial charge on any atom is -0.326 e. The lowest BCUT2D eigenvalue weighted by molar-refractivity contribution is 0.547. The predicted octanol–water partition coefficient (Wildman–Crippen LogP) is 0.0709. The fraction of sp³-hybridized carbons (Fsp3) is 0.143. The first-order chi connectivity index (χ1) is 6.36. The van der Waals surface area contributed by atoms with Gasteiger partial charge in [-0.05, 0) is 12.1 Å². The van der Waals surface area contributed by atoms with E-state index in [1.54, 1.807) is 0 Å². The molecule has 1 rings (SSSR count). The number of benzene rings is 1. The topological polar surface area (TPSA) is 86.2 Å². The summed E-state index contributed by atoms with van der Waals surface area (Å²) in [6, 6.07) is 1.24. The molecule has 0 fully saturated rings. The zero-order valence-electron chi connectivity index (χ0n) is 7.00. The second kappa shape index (κ2) is 3.60. The highest BCUT2D eigenvalue weighted by molar-refractivity contribution is 7.89. The minimum atomic E-state index is -4.24. The predicted molar refractivity (Wildman–Crippen MR) is 45.6 cm³/mol. The lowest BCUT2D eigenvalue weighted by Crippen LogP contribution is -2.15. The molecular weight excluding hydrogens is 214 g/mol. The first-order valence-corrected chi connectivity index (χ1v) is 5.11. The van der Waals surface area contributed by atoms with Crippen molar-refractivity contribution in [1.29, 1.82) is 0 Å². The first kappa shape index (κ1) is 11.0. The molecule has 0 atom stereocenters. The van der Waals surface area contributed by atoms with Gasteiger partial charge in [0.1, 0.15) is 16.5 Å². The van der Waals surface area contributed by atoms with Gasteiger partial charge >= 0.3 is 0 Å². The van der Waals surface area contributed by atoms with Crippen molar-refractivity contribution in [2.24, 2.45) is 10.9 Å². The van der Waals surface area contributed by atoms with Crippen molar-refractivity contribution < 1.29 is 17.2 Å². The highest BCUT2D eigenvalue weighted by Gasteiger charge is 2.17. The van der Waals surface area contributed by atoms with Crippen LogP contribution < -0.4 is 10.9 Å². The van der Waals surface area contributed by atoms with Gasteiger partial charge in [0.25, 0.3) is 0 Å². The van der Waals surface area contributed by atoms with Crippen LogP contribution in [0.1, 0.15) is 5.56 Å². The molecule has 0 aliphatic carbocycles. The van der Waals surface area contributed by atoms with Crippen LogP contribution in [0.3, 0.4) is 0 Å². The molecule has 0 heterocycles. The summed E-state index contributed by atoms with van der Waals surface area (Å²) in [6.45, 7) is -0.215. The number of primary sulfonamides is 1. The minimum absolute atomic E-state index is 0.102. The van der Waals surface area contributed by atoms with Crippen LogP contribution >= 0.6 is 0 Å². The second-order valence-corrected chi connectivity index (χ2v) is 4.15. The summed E-state index contributed by atoms with van der Waals surface area (Å²) in [5, 5.41) is 4.65. The third-order valence-corrected chi connectivity index (χ3v) is 2.55. The van der Waals surface area contributed by atoms with E-state index in [1.807, 2.05) is 0 Å². The summed E-state index contributed by atoms with van der Waals surface area (Å²) in [7, 11) is -4.24. The normalized spacial score (nSPS) is 11.7. The van der Waals surface area contributed by atoms with Gasteiger partial charge in [0.2, 0.25) is 10.0 Å². The summed E-state index contributed by atoms with van der Waals surface area (Å²) >= 11 is 0. The van der Waals surface area contributed by atoms with Crippen molar-refractivity contribution in [3.05, 3.63) is 29.3 Å². The van der Waals surface area contributed by atoms with Crippen molar-refractivity contribution in [2.45, 2.75) is 11.4 Å². The van der Waals surface area contributed by atoms with Crippen LogP contribution in [0, 0.1) is 11.6 Å². The van der Waals surface area contributed by atoms with Gasteiger partial charge in [0.05, 0.1) is 0 Å². The molecule has 0 unspecified atom stereocenters. The van der Waals surface area contributed by atoms with Crippen molar-refractivity contribution >= 4 is 10.0 Å². The summed E-state index contributed by atoms with van der Waals surface area (Å²) in [5.74, 6) is -1.99. The molecule has 0 spiro atoms. The van der Waals surface area contributed by atoms with Gasteiger partial charge in [-0.25, -0.2) is 22.3 Å². The number of rotatable bonds is 2. The average Bonchev–Trinajstić information content (AvgIpc) is 2.06. The van der Waals surface area contributed by atoms with E-state index < -0.39 is 26.6 Å². The highest BCUT2D eigenvalue weighted by atomic mass is 32.2. The average molecular weight is 222 g/mol. The molecule has 78 valence electrons. The molecule has 4 nitrogen and oxygen atoms in total. The molecule has 0 saturated carbocycles. The Kier molecular flexibility index (Phi) is 2.84. The van der Waals surface area contributed by atoms with Gasteiger partial charge in [-0.1, -0.05) is 0 Å². The second-order valence-electron chi connectivity index (χ2n) is 2.62. The summed E-state index contributed by atoms with van der Waals surface area (Å²) in [5.41, 5.74) is 4.99. The maximum absolute atomic E-state index is 13.0. The highest BCUT2D eigenvalue weighted by Crippen LogP contribution is 2.17.